The Hall–Kier alpha value is -1.20. The summed E-state index contributed by atoms with van der Waals surface area (Å²) in [6, 6.07) is 2.00. The Bertz CT molecular complexity index is 455. The average molecular weight is 223 g/mol. The van der Waals surface area contributed by atoms with E-state index in [2.05, 4.69) is 22.2 Å². The van der Waals surface area contributed by atoms with Crippen molar-refractivity contribution in [3.63, 3.8) is 0 Å². The van der Waals surface area contributed by atoms with Crippen LogP contribution >= 0.6 is 11.3 Å². The molecule has 0 spiro atoms. The Morgan fingerprint density at radius 2 is 2.33 bits per heavy atom. The molecule has 2 heterocycles. The van der Waals surface area contributed by atoms with Gasteiger partial charge in [0, 0.05) is 6.54 Å². The van der Waals surface area contributed by atoms with E-state index in [-0.39, 0.29) is 6.61 Å². The fraction of sp³-hybridized carbons (Fsp3) is 0.400. The van der Waals surface area contributed by atoms with E-state index in [0.717, 1.165) is 29.0 Å². The lowest BCUT2D eigenvalue weighted by Gasteiger charge is -2.06. The lowest BCUT2D eigenvalue weighted by Crippen LogP contribution is -2.05. The summed E-state index contributed by atoms with van der Waals surface area (Å²) >= 11 is 1.56. The van der Waals surface area contributed by atoms with Gasteiger partial charge in [-0.1, -0.05) is 6.92 Å². The van der Waals surface area contributed by atoms with E-state index in [1.54, 1.807) is 11.3 Å². The molecule has 0 amide bonds. The summed E-state index contributed by atoms with van der Waals surface area (Å²) in [6.07, 6.45) is 1.05. The van der Waals surface area contributed by atoms with Crippen LogP contribution in [-0.2, 0) is 6.61 Å². The van der Waals surface area contributed by atoms with Crippen LogP contribution in [-0.4, -0.2) is 21.6 Å². The molecule has 0 saturated heterocycles. The number of nitrogens with zero attached hydrogens (tertiary/aromatic N) is 2. The van der Waals surface area contributed by atoms with Crippen LogP contribution in [0.3, 0.4) is 0 Å². The number of aliphatic hydroxyl groups is 1. The fourth-order valence-corrected chi connectivity index (χ4v) is 2.13. The van der Waals surface area contributed by atoms with E-state index in [0.29, 0.717) is 5.82 Å². The van der Waals surface area contributed by atoms with Gasteiger partial charge in [0.05, 0.1) is 5.39 Å². The maximum absolute atomic E-state index is 9.04. The number of fused-ring (bicyclic) bond motifs is 1. The molecule has 2 N–H and O–H groups in total. The molecule has 0 aliphatic carbocycles. The summed E-state index contributed by atoms with van der Waals surface area (Å²) in [5.74, 6) is 1.30. The Kier molecular flexibility index (Phi) is 3.13. The van der Waals surface area contributed by atoms with Crippen LogP contribution in [0.25, 0.3) is 10.2 Å². The topological polar surface area (TPSA) is 58.0 Å². The molecular formula is C10H13N3OS. The molecular weight excluding hydrogens is 210 g/mol. The van der Waals surface area contributed by atoms with Crippen molar-refractivity contribution in [1.29, 1.82) is 0 Å². The van der Waals surface area contributed by atoms with Crippen molar-refractivity contribution in [2.45, 2.75) is 20.0 Å². The molecule has 0 saturated carbocycles. The van der Waals surface area contributed by atoms with Gasteiger partial charge >= 0.3 is 0 Å². The second kappa shape index (κ2) is 4.55. The molecule has 5 heteroatoms. The van der Waals surface area contributed by atoms with E-state index in [4.69, 9.17) is 5.11 Å². The van der Waals surface area contributed by atoms with Gasteiger partial charge < -0.3 is 10.4 Å². The van der Waals surface area contributed by atoms with Crippen molar-refractivity contribution in [2.75, 3.05) is 11.9 Å². The minimum absolute atomic E-state index is 0.116. The van der Waals surface area contributed by atoms with Gasteiger partial charge in [-0.25, -0.2) is 9.97 Å². The van der Waals surface area contributed by atoms with Crippen LogP contribution in [0, 0.1) is 0 Å². The highest BCUT2D eigenvalue weighted by molar-refractivity contribution is 7.16. The molecule has 2 aromatic heterocycles. The second-order valence-electron chi connectivity index (χ2n) is 3.21. The van der Waals surface area contributed by atoms with Crippen LogP contribution < -0.4 is 5.32 Å². The van der Waals surface area contributed by atoms with Crippen molar-refractivity contribution >= 4 is 27.4 Å². The SMILES string of the molecule is CCCNc1nc(CO)nc2sccc12. The van der Waals surface area contributed by atoms with Crippen LogP contribution in [0.2, 0.25) is 0 Å². The molecule has 80 valence electrons. The first-order chi connectivity index (χ1) is 7.35. The predicted molar refractivity (Wildman–Crippen MR) is 62.1 cm³/mol. The smallest absolute Gasteiger partial charge is 0.157 e. The molecule has 15 heavy (non-hydrogen) atoms. The molecule has 0 bridgehead atoms. The highest BCUT2D eigenvalue weighted by Gasteiger charge is 2.07. The highest BCUT2D eigenvalue weighted by atomic mass is 32.1. The minimum atomic E-state index is -0.116. The average Bonchev–Trinajstić information content (AvgIpc) is 2.73. The van der Waals surface area contributed by atoms with Gasteiger partial charge in [0.25, 0.3) is 0 Å². The van der Waals surface area contributed by atoms with Gasteiger partial charge in [-0.3, -0.25) is 0 Å². The van der Waals surface area contributed by atoms with Crippen molar-refractivity contribution in [2.24, 2.45) is 0 Å². The van der Waals surface area contributed by atoms with Crippen LogP contribution in [0.15, 0.2) is 11.4 Å². The molecule has 2 rings (SSSR count). The lowest BCUT2D eigenvalue weighted by atomic mass is 10.3. The third-order valence-electron chi connectivity index (χ3n) is 2.06. The van der Waals surface area contributed by atoms with Crippen LogP contribution in [0.5, 0.6) is 0 Å². The maximum Gasteiger partial charge on any atom is 0.157 e. The molecule has 4 nitrogen and oxygen atoms in total. The Balaban J connectivity index is 2.43. The fourth-order valence-electron chi connectivity index (χ4n) is 1.35. The predicted octanol–water partition coefficient (Wildman–Crippen LogP) is 2.01. The van der Waals surface area contributed by atoms with E-state index in [9.17, 15) is 0 Å². The first-order valence-corrected chi connectivity index (χ1v) is 5.82. The number of aromatic nitrogens is 2. The van der Waals surface area contributed by atoms with Crippen molar-refractivity contribution in [3.05, 3.63) is 17.3 Å². The first kappa shape index (κ1) is 10.3. The molecule has 0 aromatic carbocycles. The van der Waals surface area contributed by atoms with Gasteiger partial charge in [0.15, 0.2) is 5.82 Å². The number of rotatable bonds is 4. The number of hydrogen-bond acceptors (Lipinski definition) is 5. The summed E-state index contributed by atoms with van der Waals surface area (Å²) in [4.78, 5) is 9.43. The van der Waals surface area contributed by atoms with Crippen molar-refractivity contribution in [1.82, 2.24) is 9.97 Å². The Labute approximate surface area is 92.0 Å². The van der Waals surface area contributed by atoms with Gasteiger partial charge in [-0.2, -0.15) is 0 Å². The van der Waals surface area contributed by atoms with Crippen molar-refractivity contribution < 1.29 is 5.11 Å². The van der Waals surface area contributed by atoms with Crippen LogP contribution in [0.1, 0.15) is 19.2 Å². The number of aliphatic hydroxyl groups excluding tert-OH is 1. The molecule has 0 atom stereocenters. The molecule has 0 aliphatic rings. The van der Waals surface area contributed by atoms with Crippen molar-refractivity contribution in [3.8, 4) is 0 Å². The Morgan fingerprint density at radius 1 is 1.47 bits per heavy atom. The maximum atomic E-state index is 9.04. The number of anilines is 1. The van der Waals surface area contributed by atoms with E-state index >= 15 is 0 Å². The lowest BCUT2D eigenvalue weighted by molar-refractivity contribution is 0.272. The largest absolute Gasteiger partial charge is 0.388 e. The number of nitrogens with one attached hydrogen (secondary N) is 1. The summed E-state index contributed by atoms with van der Waals surface area (Å²) < 4.78 is 0. The van der Waals surface area contributed by atoms with Gasteiger partial charge in [0.2, 0.25) is 0 Å². The second-order valence-corrected chi connectivity index (χ2v) is 4.11. The standard InChI is InChI=1S/C10H13N3OS/c1-2-4-11-9-7-3-5-15-10(7)13-8(6-14)12-9/h3,5,14H,2,4,6H2,1H3,(H,11,12,13). The summed E-state index contributed by atoms with van der Waals surface area (Å²) in [7, 11) is 0. The Morgan fingerprint density at radius 3 is 3.07 bits per heavy atom. The molecule has 0 unspecified atom stereocenters. The molecule has 2 aromatic rings. The van der Waals surface area contributed by atoms with Gasteiger partial charge in [0.1, 0.15) is 17.3 Å². The zero-order valence-corrected chi connectivity index (χ0v) is 9.34. The van der Waals surface area contributed by atoms with E-state index in [1.807, 2.05) is 11.4 Å². The molecule has 0 radical (unpaired) electrons. The highest BCUT2D eigenvalue weighted by Crippen LogP contribution is 2.24. The van der Waals surface area contributed by atoms with Gasteiger partial charge in [-0.15, -0.1) is 11.3 Å². The summed E-state index contributed by atoms with van der Waals surface area (Å²) in [5, 5.41) is 15.3. The van der Waals surface area contributed by atoms with E-state index in [1.165, 1.54) is 0 Å². The normalized spacial score (nSPS) is 10.8. The van der Waals surface area contributed by atoms with Gasteiger partial charge in [-0.05, 0) is 17.9 Å². The zero-order valence-electron chi connectivity index (χ0n) is 8.53. The minimum Gasteiger partial charge on any atom is -0.388 e. The third kappa shape index (κ3) is 2.08. The first-order valence-electron chi connectivity index (χ1n) is 4.94. The third-order valence-corrected chi connectivity index (χ3v) is 2.86. The number of hydrogen-bond donors (Lipinski definition) is 2. The van der Waals surface area contributed by atoms with E-state index < -0.39 is 0 Å². The zero-order chi connectivity index (χ0) is 10.7. The molecule has 0 fully saturated rings. The quantitative estimate of drug-likeness (QED) is 0.832. The monoisotopic (exact) mass is 223 g/mol. The summed E-state index contributed by atoms with van der Waals surface area (Å²) in [6.45, 7) is 2.87. The summed E-state index contributed by atoms with van der Waals surface area (Å²) in [5.41, 5.74) is 0. The molecule has 0 aliphatic heterocycles. The van der Waals surface area contributed by atoms with Crippen LogP contribution in [0.4, 0.5) is 5.82 Å². The number of thiophene rings is 1.